The largest absolute Gasteiger partial charge is 0.467 e. The number of carbonyl (C=O) groups excluding carboxylic acids is 3. The van der Waals surface area contributed by atoms with Crippen LogP contribution in [0.15, 0.2) is 89.1 Å². The van der Waals surface area contributed by atoms with Crippen LogP contribution < -0.4 is 15.5 Å². The molecule has 0 unspecified atom stereocenters. The minimum Gasteiger partial charge on any atom is -0.467 e. The molecule has 0 saturated heterocycles. The Labute approximate surface area is 198 Å². The van der Waals surface area contributed by atoms with Gasteiger partial charge in [0.1, 0.15) is 11.6 Å². The van der Waals surface area contributed by atoms with E-state index in [0.717, 1.165) is 21.9 Å². The van der Waals surface area contributed by atoms with E-state index < -0.39 is 29.6 Å². The van der Waals surface area contributed by atoms with Crippen LogP contribution in [-0.2, 0) is 20.9 Å². The van der Waals surface area contributed by atoms with Crippen LogP contribution in [0.5, 0.6) is 0 Å². The molecule has 0 fully saturated rings. The molecule has 3 aromatic heterocycles. The van der Waals surface area contributed by atoms with Gasteiger partial charge in [0.2, 0.25) is 0 Å². The zero-order valence-electron chi connectivity index (χ0n) is 17.7. The maximum Gasteiger partial charge on any atom is 0.317 e. The normalized spacial score (nSPS) is 11.4. The van der Waals surface area contributed by atoms with Crippen LogP contribution in [-0.4, -0.2) is 22.7 Å². The second-order valence-corrected chi connectivity index (χ2v) is 8.09. The van der Waals surface area contributed by atoms with Gasteiger partial charge in [0.05, 0.1) is 24.7 Å². The fourth-order valence-electron chi connectivity index (χ4n) is 3.21. The highest BCUT2D eigenvalue weighted by Gasteiger charge is 2.37. The van der Waals surface area contributed by atoms with E-state index in [9.17, 15) is 18.8 Å². The molecule has 1 atom stereocenters. The number of aromatic nitrogens is 1. The van der Waals surface area contributed by atoms with E-state index in [-0.39, 0.29) is 23.7 Å². The van der Waals surface area contributed by atoms with E-state index in [1.807, 2.05) is 17.5 Å². The van der Waals surface area contributed by atoms with Gasteiger partial charge in [-0.1, -0.05) is 6.07 Å². The Hall–Kier alpha value is -4.31. The molecule has 4 aromatic rings. The standard InChI is InChI=1S/C24H19FN4O4S/c25-16-7-9-17(10-8-16)28-23(31)24(32)29(18-4-1-11-26-14-18)21(20-6-2-12-33-20)22(30)27-15-19-5-3-13-34-19/h1-14,21H,15H2,(H,27,30)(H,28,31)/t21-/m1/s1. The van der Waals surface area contributed by atoms with Gasteiger partial charge in [-0.3, -0.25) is 24.3 Å². The number of amides is 3. The van der Waals surface area contributed by atoms with E-state index in [2.05, 4.69) is 15.6 Å². The Morgan fingerprint density at radius 1 is 1.06 bits per heavy atom. The minimum absolute atomic E-state index is 0.162. The van der Waals surface area contributed by atoms with Crippen LogP contribution in [0.3, 0.4) is 0 Å². The highest BCUT2D eigenvalue weighted by Crippen LogP contribution is 2.28. The summed E-state index contributed by atoms with van der Waals surface area (Å²) in [6.45, 7) is 0.241. The molecule has 0 bridgehead atoms. The van der Waals surface area contributed by atoms with E-state index >= 15 is 0 Å². The van der Waals surface area contributed by atoms with Crippen LogP contribution in [0.4, 0.5) is 15.8 Å². The molecule has 0 aliphatic rings. The summed E-state index contributed by atoms with van der Waals surface area (Å²) < 4.78 is 18.7. The zero-order chi connectivity index (χ0) is 23.9. The third kappa shape index (κ3) is 5.36. The highest BCUT2D eigenvalue weighted by atomic mass is 32.1. The summed E-state index contributed by atoms with van der Waals surface area (Å²) in [4.78, 5) is 45.5. The van der Waals surface area contributed by atoms with E-state index in [1.54, 1.807) is 24.3 Å². The first-order valence-corrected chi connectivity index (χ1v) is 11.0. The van der Waals surface area contributed by atoms with Crippen LogP contribution in [0, 0.1) is 5.82 Å². The molecule has 0 aliphatic carbocycles. The average Bonchev–Trinajstić information content (AvgIpc) is 3.57. The van der Waals surface area contributed by atoms with Crippen molar-refractivity contribution in [1.29, 1.82) is 0 Å². The monoisotopic (exact) mass is 478 g/mol. The van der Waals surface area contributed by atoms with Crippen molar-refractivity contribution in [2.24, 2.45) is 0 Å². The number of pyridine rings is 1. The summed E-state index contributed by atoms with van der Waals surface area (Å²) in [6, 6.07) is 13.7. The first-order chi connectivity index (χ1) is 16.5. The summed E-state index contributed by atoms with van der Waals surface area (Å²) >= 11 is 1.47. The van der Waals surface area contributed by atoms with Crippen molar-refractivity contribution < 1.29 is 23.2 Å². The zero-order valence-corrected chi connectivity index (χ0v) is 18.5. The van der Waals surface area contributed by atoms with Crippen molar-refractivity contribution in [3.8, 4) is 0 Å². The molecule has 0 saturated carbocycles. The molecule has 0 radical (unpaired) electrons. The minimum atomic E-state index is -1.29. The van der Waals surface area contributed by atoms with Crippen LogP contribution >= 0.6 is 11.3 Å². The number of nitrogens with one attached hydrogen (secondary N) is 2. The Morgan fingerprint density at radius 3 is 2.53 bits per heavy atom. The van der Waals surface area contributed by atoms with Gasteiger partial charge in [-0.25, -0.2) is 4.39 Å². The van der Waals surface area contributed by atoms with Gasteiger partial charge in [0.15, 0.2) is 6.04 Å². The number of hydrogen-bond donors (Lipinski definition) is 2. The van der Waals surface area contributed by atoms with Crippen molar-refractivity contribution in [3.63, 3.8) is 0 Å². The lowest BCUT2D eigenvalue weighted by Crippen LogP contribution is -2.47. The molecular formula is C24H19FN4O4S. The quantitative estimate of drug-likeness (QED) is 0.392. The van der Waals surface area contributed by atoms with Gasteiger partial charge in [0.25, 0.3) is 5.91 Å². The summed E-state index contributed by atoms with van der Waals surface area (Å²) in [5.41, 5.74) is 0.442. The molecule has 8 nitrogen and oxygen atoms in total. The number of nitrogens with zero attached hydrogens (tertiary/aromatic N) is 2. The van der Waals surface area contributed by atoms with E-state index in [4.69, 9.17) is 4.42 Å². The fourth-order valence-corrected chi connectivity index (χ4v) is 3.86. The summed E-state index contributed by atoms with van der Waals surface area (Å²) in [5.74, 6) is -2.91. The third-order valence-electron chi connectivity index (χ3n) is 4.78. The maximum atomic E-state index is 13.4. The second kappa shape index (κ2) is 10.5. The van der Waals surface area contributed by atoms with Gasteiger partial charge >= 0.3 is 11.8 Å². The van der Waals surface area contributed by atoms with Gasteiger partial charge in [-0.15, -0.1) is 11.3 Å². The van der Waals surface area contributed by atoms with Crippen molar-refractivity contribution in [3.05, 3.63) is 101 Å². The van der Waals surface area contributed by atoms with Crippen LogP contribution in [0.2, 0.25) is 0 Å². The van der Waals surface area contributed by atoms with Crippen LogP contribution in [0.1, 0.15) is 16.7 Å². The van der Waals surface area contributed by atoms with Crippen LogP contribution in [0.25, 0.3) is 0 Å². The smallest absolute Gasteiger partial charge is 0.317 e. The van der Waals surface area contributed by atoms with E-state index in [1.165, 1.54) is 42.1 Å². The Bertz CT molecular complexity index is 1250. The Balaban J connectivity index is 1.66. The van der Waals surface area contributed by atoms with Gasteiger partial charge in [-0.2, -0.15) is 0 Å². The van der Waals surface area contributed by atoms with Crippen molar-refractivity contribution >= 4 is 40.4 Å². The Kier molecular flexibility index (Phi) is 7.09. The number of hydrogen-bond acceptors (Lipinski definition) is 6. The highest BCUT2D eigenvalue weighted by molar-refractivity contribution is 7.09. The molecule has 1 aromatic carbocycles. The van der Waals surface area contributed by atoms with Gasteiger partial charge in [-0.05, 0) is 60.0 Å². The van der Waals surface area contributed by atoms with Crippen molar-refractivity contribution in [2.45, 2.75) is 12.6 Å². The Morgan fingerprint density at radius 2 is 1.88 bits per heavy atom. The molecule has 10 heteroatoms. The molecule has 4 rings (SSSR count). The fraction of sp³-hybridized carbons (Fsp3) is 0.0833. The number of benzene rings is 1. The topological polar surface area (TPSA) is 105 Å². The number of halogens is 1. The molecule has 34 heavy (non-hydrogen) atoms. The average molecular weight is 479 g/mol. The summed E-state index contributed by atoms with van der Waals surface area (Å²) in [6.07, 6.45) is 4.24. The lowest BCUT2D eigenvalue weighted by atomic mass is 10.1. The van der Waals surface area contributed by atoms with Crippen molar-refractivity contribution in [2.75, 3.05) is 10.2 Å². The van der Waals surface area contributed by atoms with E-state index in [0.29, 0.717) is 0 Å². The number of furan rings is 1. The lowest BCUT2D eigenvalue weighted by Gasteiger charge is -2.29. The second-order valence-electron chi connectivity index (χ2n) is 7.06. The molecule has 0 aliphatic heterocycles. The summed E-state index contributed by atoms with van der Waals surface area (Å²) in [7, 11) is 0. The molecule has 2 N–H and O–H groups in total. The van der Waals surface area contributed by atoms with Crippen molar-refractivity contribution in [1.82, 2.24) is 10.3 Å². The summed E-state index contributed by atoms with van der Waals surface area (Å²) in [5, 5.41) is 7.12. The lowest BCUT2D eigenvalue weighted by molar-refractivity contribution is -0.136. The predicted octanol–water partition coefficient (Wildman–Crippen LogP) is 3.90. The molecule has 0 spiro atoms. The molecular weight excluding hydrogens is 459 g/mol. The number of rotatable bonds is 7. The number of anilines is 2. The first-order valence-electron chi connectivity index (χ1n) is 10.2. The maximum absolute atomic E-state index is 13.4. The number of thiophene rings is 1. The number of carbonyl (C=O) groups is 3. The predicted molar refractivity (Wildman–Crippen MR) is 124 cm³/mol. The van der Waals surface area contributed by atoms with Gasteiger partial charge < -0.3 is 15.1 Å². The molecule has 3 heterocycles. The molecule has 3 amide bonds. The SMILES string of the molecule is O=C(Nc1ccc(F)cc1)C(=O)N(c1cccnc1)[C@@H](C(=O)NCc1cccs1)c1ccco1. The molecule has 172 valence electrons. The first kappa shape index (κ1) is 22.9. The van der Waals surface area contributed by atoms with Gasteiger partial charge in [0, 0.05) is 16.8 Å². The third-order valence-corrected chi connectivity index (χ3v) is 5.65.